The monoisotopic (exact) mass is 563 g/mol. The van der Waals surface area contributed by atoms with Gasteiger partial charge in [-0.15, -0.1) is 0 Å². The van der Waals surface area contributed by atoms with Gasteiger partial charge < -0.3 is 24.3 Å². The van der Waals surface area contributed by atoms with Gasteiger partial charge >= 0.3 is 5.97 Å². The van der Waals surface area contributed by atoms with Gasteiger partial charge in [0, 0.05) is 24.7 Å². The zero-order chi connectivity index (χ0) is 28.2. The predicted octanol–water partition coefficient (Wildman–Crippen LogP) is 2.25. The summed E-state index contributed by atoms with van der Waals surface area (Å²) in [5, 5.41) is 14.6. The number of nitrogens with zero attached hydrogens (tertiary/aromatic N) is 2. The van der Waals surface area contributed by atoms with E-state index in [-0.39, 0.29) is 42.4 Å². The first kappa shape index (κ1) is 28.3. The minimum absolute atomic E-state index is 0.0604. The van der Waals surface area contributed by atoms with Gasteiger partial charge in [0.2, 0.25) is 10.0 Å². The number of carbonyl (C=O) groups excluding carboxylic acids is 2. The SMILES string of the molecule is CC(C)C(Nc1ccc(S(=O)(=O)N2CCOCC2)cc1[N+](=O)[O-])C(=O)OCC(=O)c1ccc2c(c1)OCCO2. The van der Waals surface area contributed by atoms with Crippen LogP contribution in [0, 0.1) is 16.0 Å². The average Bonchev–Trinajstić information content (AvgIpc) is 2.94. The minimum Gasteiger partial charge on any atom is -0.486 e. The van der Waals surface area contributed by atoms with Crippen molar-refractivity contribution in [1.29, 1.82) is 0 Å². The van der Waals surface area contributed by atoms with Crippen LogP contribution in [0.5, 0.6) is 11.5 Å². The quantitative estimate of drug-likeness (QED) is 0.195. The molecule has 210 valence electrons. The molecule has 2 aliphatic rings. The molecule has 1 unspecified atom stereocenters. The third-order valence-electron chi connectivity index (χ3n) is 6.22. The Morgan fingerprint density at radius 1 is 1.05 bits per heavy atom. The molecule has 2 aliphatic heterocycles. The standard InChI is InChI=1S/C25H29N3O10S/c1-16(2)24(25(30)38-15-21(29)17-3-6-22-23(13-17)37-12-11-36-22)26-19-5-4-18(14-20(19)28(31)32)39(33,34)27-7-9-35-10-8-27/h3-6,13-14,16,24,26H,7-12,15H2,1-2H3. The summed E-state index contributed by atoms with van der Waals surface area (Å²) in [4.78, 5) is 36.4. The first-order chi connectivity index (χ1) is 18.6. The second kappa shape index (κ2) is 12.0. The van der Waals surface area contributed by atoms with Crippen LogP contribution in [0.15, 0.2) is 41.3 Å². The number of ether oxygens (including phenoxy) is 4. The van der Waals surface area contributed by atoms with Gasteiger partial charge in [-0.1, -0.05) is 13.8 Å². The average molecular weight is 564 g/mol. The van der Waals surface area contributed by atoms with Crippen LogP contribution >= 0.6 is 0 Å². The van der Waals surface area contributed by atoms with E-state index in [2.05, 4.69) is 5.32 Å². The van der Waals surface area contributed by atoms with Crippen LogP contribution in [0.25, 0.3) is 0 Å². The Morgan fingerprint density at radius 3 is 2.41 bits per heavy atom. The summed E-state index contributed by atoms with van der Waals surface area (Å²) in [5.41, 5.74) is -0.307. The second-order valence-electron chi connectivity index (χ2n) is 9.21. The van der Waals surface area contributed by atoms with E-state index < -0.39 is 51.0 Å². The van der Waals surface area contributed by atoms with Crippen molar-refractivity contribution in [3.05, 3.63) is 52.1 Å². The molecule has 4 rings (SSSR count). The van der Waals surface area contributed by atoms with E-state index in [1.807, 2.05) is 0 Å². The molecule has 0 saturated carbocycles. The van der Waals surface area contributed by atoms with E-state index >= 15 is 0 Å². The maximum atomic E-state index is 13.0. The van der Waals surface area contributed by atoms with Crippen LogP contribution in [0.1, 0.15) is 24.2 Å². The van der Waals surface area contributed by atoms with Crippen LogP contribution in [0.3, 0.4) is 0 Å². The number of hydrogen-bond acceptors (Lipinski definition) is 11. The summed E-state index contributed by atoms with van der Waals surface area (Å²) in [6.07, 6.45) is 0. The number of Topliss-reactive ketones (excluding diaryl/α,β-unsaturated/α-hetero) is 1. The Morgan fingerprint density at radius 2 is 1.74 bits per heavy atom. The van der Waals surface area contributed by atoms with Gasteiger partial charge in [-0.3, -0.25) is 14.9 Å². The molecule has 2 heterocycles. The number of hydrogen-bond donors (Lipinski definition) is 1. The van der Waals surface area contributed by atoms with Gasteiger partial charge in [0.05, 0.1) is 23.0 Å². The van der Waals surface area contributed by atoms with Crippen molar-refractivity contribution in [2.75, 3.05) is 51.4 Å². The molecule has 0 radical (unpaired) electrons. The summed E-state index contributed by atoms with van der Waals surface area (Å²) in [6, 6.07) is 7.04. The molecule has 0 aliphatic carbocycles. The number of anilines is 1. The Kier molecular flexibility index (Phi) is 8.67. The summed E-state index contributed by atoms with van der Waals surface area (Å²) in [5.74, 6) is -0.712. The van der Waals surface area contributed by atoms with Crippen LogP contribution < -0.4 is 14.8 Å². The van der Waals surface area contributed by atoms with E-state index in [1.165, 1.54) is 28.6 Å². The molecule has 0 amide bonds. The van der Waals surface area contributed by atoms with E-state index in [9.17, 15) is 28.1 Å². The lowest BCUT2D eigenvalue weighted by Crippen LogP contribution is -2.40. The number of ketones is 1. The number of fused-ring (bicyclic) bond motifs is 1. The molecule has 1 N–H and O–H groups in total. The molecular formula is C25H29N3O10S. The smallest absolute Gasteiger partial charge is 0.329 e. The number of nitro benzene ring substituents is 1. The molecule has 1 saturated heterocycles. The van der Waals surface area contributed by atoms with Crippen LogP contribution in [-0.2, 0) is 24.3 Å². The lowest BCUT2D eigenvalue weighted by Gasteiger charge is -2.26. The zero-order valence-electron chi connectivity index (χ0n) is 21.5. The molecule has 0 bridgehead atoms. The molecule has 14 heteroatoms. The number of carbonyl (C=O) groups is 2. The summed E-state index contributed by atoms with van der Waals surface area (Å²) >= 11 is 0. The van der Waals surface area contributed by atoms with Crippen LogP contribution in [0.4, 0.5) is 11.4 Å². The van der Waals surface area contributed by atoms with Crippen molar-refractivity contribution in [3.8, 4) is 11.5 Å². The van der Waals surface area contributed by atoms with Crippen LogP contribution in [0.2, 0.25) is 0 Å². The van der Waals surface area contributed by atoms with Crippen molar-refractivity contribution in [1.82, 2.24) is 4.31 Å². The second-order valence-corrected chi connectivity index (χ2v) is 11.1. The van der Waals surface area contributed by atoms with Crippen molar-refractivity contribution in [2.24, 2.45) is 5.92 Å². The van der Waals surface area contributed by atoms with Crippen molar-refractivity contribution >= 4 is 33.2 Å². The Bertz CT molecular complexity index is 1360. The highest BCUT2D eigenvalue weighted by atomic mass is 32.2. The van der Waals surface area contributed by atoms with Crippen molar-refractivity contribution in [3.63, 3.8) is 0 Å². The summed E-state index contributed by atoms with van der Waals surface area (Å²) < 4.78 is 48.5. The van der Waals surface area contributed by atoms with Gasteiger partial charge in [0.1, 0.15) is 24.9 Å². The highest BCUT2D eigenvalue weighted by molar-refractivity contribution is 7.89. The predicted molar refractivity (Wildman–Crippen MR) is 138 cm³/mol. The maximum Gasteiger partial charge on any atom is 0.329 e. The third-order valence-corrected chi connectivity index (χ3v) is 8.11. The van der Waals surface area contributed by atoms with Gasteiger partial charge in [-0.2, -0.15) is 4.31 Å². The molecule has 1 atom stereocenters. The molecule has 0 spiro atoms. The number of benzene rings is 2. The van der Waals surface area contributed by atoms with E-state index in [4.69, 9.17) is 18.9 Å². The first-order valence-electron chi connectivity index (χ1n) is 12.3. The minimum atomic E-state index is -3.97. The largest absolute Gasteiger partial charge is 0.486 e. The van der Waals surface area contributed by atoms with E-state index in [1.54, 1.807) is 19.9 Å². The van der Waals surface area contributed by atoms with Gasteiger partial charge in [-0.05, 0) is 36.2 Å². The number of nitro groups is 1. The number of esters is 1. The Labute approximate surface area is 225 Å². The molecule has 2 aromatic carbocycles. The fourth-order valence-corrected chi connectivity index (χ4v) is 5.50. The fraction of sp³-hybridized carbons (Fsp3) is 0.440. The highest BCUT2D eigenvalue weighted by Gasteiger charge is 2.31. The maximum absolute atomic E-state index is 13.0. The Balaban J connectivity index is 1.47. The third kappa shape index (κ3) is 6.46. The fourth-order valence-electron chi connectivity index (χ4n) is 4.07. The Hall–Kier alpha value is -3.75. The first-order valence-corrected chi connectivity index (χ1v) is 13.7. The molecular weight excluding hydrogens is 534 g/mol. The highest BCUT2D eigenvalue weighted by Crippen LogP contribution is 2.32. The van der Waals surface area contributed by atoms with Crippen molar-refractivity contribution in [2.45, 2.75) is 24.8 Å². The van der Waals surface area contributed by atoms with Crippen LogP contribution in [-0.4, -0.2) is 81.6 Å². The molecule has 13 nitrogen and oxygen atoms in total. The number of sulfonamides is 1. The molecule has 1 fully saturated rings. The van der Waals surface area contributed by atoms with Gasteiger partial charge in [0.25, 0.3) is 5.69 Å². The van der Waals surface area contributed by atoms with Gasteiger partial charge in [0.15, 0.2) is 23.9 Å². The molecule has 39 heavy (non-hydrogen) atoms. The van der Waals surface area contributed by atoms with Crippen molar-refractivity contribution < 1.29 is 41.9 Å². The number of morpholine rings is 1. The van der Waals surface area contributed by atoms with E-state index in [0.29, 0.717) is 24.7 Å². The zero-order valence-corrected chi connectivity index (χ0v) is 22.3. The lowest BCUT2D eigenvalue weighted by molar-refractivity contribution is -0.384. The molecule has 2 aromatic rings. The number of rotatable bonds is 10. The number of nitrogens with one attached hydrogen (secondary N) is 1. The molecule has 0 aromatic heterocycles. The summed E-state index contributed by atoms with van der Waals surface area (Å²) in [7, 11) is -3.97. The normalized spacial score (nSPS) is 16.4. The lowest BCUT2D eigenvalue weighted by atomic mass is 10.0. The summed E-state index contributed by atoms with van der Waals surface area (Å²) in [6.45, 7) is 4.36. The van der Waals surface area contributed by atoms with Gasteiger partial charge in [-0.25, -0.2) is 13.2 Å². The topological polar surface area (TPSA) is 164 Å². The van der Waals surface area contributed by atoms with E-state index in [0.717, 1.165) is 6.07 Å².